The molecule has 0 saturated heterocycles. The lowest BCUT2D eigenvalue weighted by molar-refractivity contribution is 0.394. The summed E-state index contributed by atoms with van der Waals surface area (Å²) in [7, 11) is 4.21. The Hall–Kier alpha value is 0.1000. The van der Waals surface area contributed by atoms with Crippen molar-refractivity contribution in [2.45, 2.75) is 13.0 Å². The van der Waals surface area contributed by atoms with E-state index in [1.54, 1.807) is 0 Å². The first-order chi connectivity index (χ1) is 7.59. The number of halogens is 2. The van der Waals surface area contributed by atoms with Gasteiger partial charge in [-0.2, -0.15) is 0 Å². The fourth-order valence-corrected chi connectivity index (χ4v) is 2.08. The van der Waals surface area contributed by atoms with Crippen molar-refractivity contribution in [2.24, 2.45) is 0 Å². The number of nitrogens with zero attached hydrogens (tertiary/aromatic N) is 1. The Morgan fingerprint density at radius 1 is 1.19 bits per heavy atom. The minimum atomic E-state index is 0.930. The minimum absolute atomic E-state index is 0.930. The average Bonchev–Trinajstić information content (AvgIpc) is 2.22. The Bertz CT molecular complexity index is 327. The van der Waals surface area contributed by atoms with E-state index in [4.69, 9.17) is 0 Å². The largest absolute Gasteiger partial charge is 0.313 e. The summed E-state index contributed by atoms with van der Waals surface area (Å²) >= 11 is 6.97. The summed E-state index contributed by atoms with van der Waals surface area (Å²) in [5, 5.41) is 3.44. The van der Waals surface area contributed by atoms with Crippen molar-refractivity contribution in [3.8, 4) is 0 Å². The number of nitrogens with one attached hydrogen (secondary N) is 1. The predicted molar refractivity (Wildman–Crippen MR) is 76.7 cm³/mol. The highest BCUT2D eigenvalue weighted by molar-refractivity contribution is 9.13. The first-order valence-corrected chi connectivity index (χ1v) is 6.97. The quantitative estimate of drug-likeness (QED) is 0.793. The summed E-state index contributed by atoms with van der Waals surface area (Å²) in [6.45, 7) is 3.13. The molecule has 0 bridgehead atoms. The van der Waals surface area contributed by atoms with Crippen molar-refractivity contribution in [1.29, 1.82) is 0 Å². The van der Waals surface area contributed by atoms with Crippen LogP contribution in [-0.2, 0) is 6.54 Å². The topological polar surface area (TPSA) is 15.3 Å². The van der Waals surface area contributed by atoms with Crippen LogP contribution in [-0.4, -0.2) is 32.1 Å². The Morgan fingerprint density at radius 2 is 1.94 bits per heavy atom. The molecule has 1 aromatic rings. The molecule has 0 heterocycles. The van der Waals surface area contributed by atoms with Gasteiger partial charge in [-0.05, 0) is 83.2 Å². The van der Waals surface area contributed by atoms with Gasteiger partial charge in [0, 0.05) is 15.5 Å². The molecule has 0 atom stereocenters. The minimum Gasteiger partial charge on any atom is -0.313 e. The van der Waals surface area contributed by atoms with Gasteiger partial charge in [0.2, 0.25) is 0 Å². The number of hydrogen-bond donors (Lipinski definition) is 1. The lowest BCUT2D eigenvalue weighted by atomic mass is 10.2. The highest BCUT2D eigenvalue weighted by Gasteiger charge is 1.98. The molecule has 16 heavy (non-hydrogen) atoms. The molecule has 0 spiro atoms. The molecular formula is C12H18Br2N2. The molecule has 90 valence electrons. The predicted octanol–water partition coefficient (Wildman–Crippen LogP) is 3.25. The molecule has 0 unspecified atom stereocenters. The van der Waals surface area contributed by atoms with E-state index in [9.17, 15) is 0 Å². The van der Waals surface area contributed by atoms with Gasteiger partial charge in [-0.25, -0.2) is 0 Å². The van der Waals surface area contributed by atoms with E-state index in [1.165, 1.54) is 12.0 Å². The van der Waals surface area contributed by atoms with E-state index >= 15 is 0 Å². The average molecular weight is 350 g/mol. The molecule has 4 heteroatoms. The third-order valence-corrected chi connectivity index (χ3v) is 4.15. The second-order valence-electron chi connectivity index (χ2n) is 4.08. The van der Waals surface area contributed by atoms with Gasteiger partial charge in [0.1, 0.15) is 0 Å². The SMILES string of the molecule is CN(C)CCCNCc1ccc(Br)c(Br)c1. The molecule has 0 aromatic heterocycles. The summed E-state index contributed by atoms with van der Waals surface area (Å²) in [6.07, 6.45) is 1.19. The Labute approximate surface area is 115 Å². The van der Waals surface area contributed by atoms with Crippen LogP contribution >= 0.6 is 31.9 Å². The fraction of sp³-hybridized carbons (Fsp3) is 0.500. The molecule has 0 aliphatic carbocycles. The van der Waals surface area contributed by atoms with Gasteiger partial charge in [-0.1, -0.05) is 6.07 Å². The summed E-state index contributed by atoms with van der Waals surface area (Å²) in [4.78, 5) is 2.21. The maximum Gasteiger partial charge on any atom is 0.0320 e. The van der Waals surface area contributed by atoms with Crippen LogP contribution in [0.4, 0.5) is 0 Å². The number of benzene rings is 1. The molecular weight excluding hydrogens is 332 g/mol. The molecule has 1 N–H and O–H groups in total. The molecule has 0 aliphatic heterocycles. The molecule has 0 saturated carbocycles. The van der Waals surface area contributed by atoms with Gasteiger partial charge in [-0.15, -0.1) is 0 Å². The van der Waals surface area contributed by atoms with Gasteiger partial charge in [0.05, 0.1) is 0 Å². The lowest BCUT2D eigenvalue weighted by Gasteiger charge is -2.10. The van der Waals surface area contributed by atoms with Crippen LogP contribution in [0.15, 0.2) is 27.1 Å². The highest BCUT2D eigenvalue weighted by atomic mass is 79.9. The van der Waals surface area contributed by atoms with Crippen molar-refractivity contribution in [3.63, 3.8) is 0 Å². The van der Waals surface area contributed by atoms with E-state index < -0.39 is 0 Å². The Morgan fingerprint density at radius 3 is 2.56 bits per heavy atom. The van der Waals surface area contributed by atoms with Gasteiger partial charge in [-0.3, -0.25) is 0 Å². The Balaban J connectivity index is 2.24. The Kier molecular flexibility index (Phi) is 6.58. The number of hydrogen-bond acceptors (Lipinski definition) is 2. The third kappa shape index (κ3) is 5.43. The standard InChI is InChI=1S/C12H18Br2N2/c1-16(2)7-3-6-15-9-10-4-5-11(13)12(14)8-10/h4-5,8,15H,3,6-7,9H2,1-2H3. The second kappa shape index (κ2) is 7.43. The van der Waals surface area contributed by atoms with Crippen molar-refractivity contribution in [3.05, 3.63) is 32.7 Å². The van der Waals surface area contributed by atoms with E-state index in [0.29, 0.717) is 0 Å². The normalized spacial score (nSPS) is 11.1. The van der Waals surface area contributed by atoms with E-state index in [0.717, 1.165) is 28.6 Å². The van der Waals surface area contributed by atoms with Crippen LogP contribution in [0.2, 0.25) is 0 Å². The van der Waals surface area contributed by atoms with Crippen LogP contribution in [0.3, 0.4) is 0 Å². The maximum atomic E-state index is 3.51. The first kappa shape index (κ1) is 14.2. The summed E-state index contributed by atoms with van der Waals surface area (Å²) in [6, 6.07) is 6.34. The maximum absolute atomic E-state index is 3.51. The molecule has 1 rings (SSSR count). The third-order valence-electron chi connectivity index (χ3n) is 2.27. The van der Waals surface area contributed by atoms with Crippen molar-refractivity contribution in [1.82, 2.24) is 10.2 Å². The van der Waals surface area contributed by atoms with Crippen molar-refractivity contribution >= 4 is 31.9 Å². The lowest BCUT2D eigenvalue weighted by Crippen LogP contribution is -2.20. The van der Waals surface area contributed by atoms with Crippen molar-refractivity contribution < 1.29 is 0 Å². The zero-order chi connectivity index (χ0) is 12.0. The summed E-state index contributed by atoms with van der Waals surface area (Å²) < 4.78 is 2.21. The summed E-state index contributed by atoms with van der Waals surface area (Å²) in [5.74, 6) is 0. The smallest absolute Gasteiger partial charge is 0.0320 e. The number of rotatable bonds is 6. The molecule has 1 aromatic carbocycles. The first-order valence-electron chi connectivity index (χ1n) is 5.39. The van der Waals surface area contributed by atoms with Crippen LogP contribution in [0.25, 0.3) is 0 Å². The zero-order valence-electron chi connectivity index (χ0n) is 9.76. The van der Waals surface area contributed by atoms with Gasteiger partial charge >= 0.3 is 0 Å². The summed E-state index contributed by atoms with van der Waals surface area (Å²) in [5.41, 5.74) is 1.31. The molecule has 0 fully saturated rings. The fourth-order valence-electron chi connectivity index (χ4n) is 1.40. The van der Waals surface area contributed by atoms with E-state index in [-0.39, 0.29) is 0 Å². The second-order valence-corrected chi connectivity index (χ2v) is 5.79. The van der Waals surface area contributed by atoms with Gasteiger partial charge in [0.15, 0.2) is 0 Å². The zero-order valence-corrected chi connectivity index (χ0v) is 12.9. The molecule has 0 aliphatic rings. The molecule has 2 nitrogen and oxygen atoms in total. The van der Waals surface area contributed by atoms with Crippen LogP contribution in [0, 0.1) is 0 Å². The van der Waals surface area contributed by atoms with Gasteiger partial charge < -0.3 is 10.2 Å². The molecule has 0 radical (unpaired) electrons. The van der Waals surface area contributed by atoms with Crippen LogP contribution < -0.4 is 5.32 Å². The monoisotopic (exact) mass is 348 g/mol. The molecule has 0 amide bonds. The van der Waals surface area contributed by atoms with Crippen molar-refractivity contribution in [2.75, 3.05) is 27.2 Å². The highest BCUT2D eigenvalue weighted by Crippen LogP contribution is 2.23. The van der Waals surface area contributed by atoms with E-state index in [1.807, 2.05) is 0 Å². The van der Waals surface area contributed by atoms with Crippen LogP contribution in [0.1, 0.15) is 12.0 Å². The van der Waals surface area contributed by atoms with E-state index in [2.05, 4.69) is 74.4 Å². The van der Waals surface area contributed by atoms with Crippen LogP contribution in [0.5, 0.6) is 0 Å². The van der Waals surface area contributed by atoms with Gasteiger partial charge in [0.25, 0.3) is 0 Å².